The molecule has 3 heterocycles. The fourth-order valence-electron chi connectivity index (χ4n) is 4.62. The fraction of sp³-hybridized carbons (Fsp3) is 0.192. The SMILES string of the molecule is COc1ccc2nc(N[C@@H](Cc3ccc(C4CC(=O)NS4(=O)=O)c(Br)c3)c3nc4ccccc4[nH]3)sc2c1. The number of imidazole rings is 1. The summed E-state index contributed by atoms with van der Waals surface area (Å²) in [5, 5.41) is 3.38. The van der Waals surface area contributed by atoms with E-state index in [1.807, 2.05) is 54.6 Å². The normalized spacial score (nSPS) is 17.5. The lowest BCUT2D eigenvalue weighted by molar-refractivity contribution is -0.118. The van der Waals surface area contributed by atoms with E-state index in [1.54, 1.807) is 13.2 Å². The van der Waals surface area contributed by atoms with E-state index in [2.05, 4.69) is 31.0 Å². The largest absolute Gasteiger partial charge is 0.497 e. The number of nitrogens with one attached hydrogen (secondary N) is 3. The van der Waals surface area contributed by atoms with Gasteiger partial charge in [-0.15, -0.1) is 0 Å². The smallest absolute Gasteiger partial charge is 0.242 e. The van der Waals surface area contributed by atoms with Crippen molar-refractivity contribution in [1.82, 2.24) is 19.7 Å². The molecule has 38 heavy (non-hydrogen) atoms. The summed E-state index contributed by atoms with van der Waals surface area (Å²) in [4.78, 5) is 24.7. The van der Waals surface area contributed by atoms with Crippen LogP contribution in [0.15, 0.2) is 65.1 Å². The molecular formula is C26H22BrN5O4S2. The Labute approximate surface area is 230 Å². The summed E-state index contributed by atoms with van der Waals surface area (Å²) in [7, 11) is -2.10. The van der Waals surface area contributed by atoms with E-state index < -0.39 is 21.2 Å². The van der Waals surface area contributed by atoms with E-state index in [-0.39, 0.29) is 12.5 Å². The highest BCUT2D eigenvalue weighted by molar-refractivity contribution is 9.10. The number of para-hydroxylation sites is 2. The van der Waals surface area contributed by atoms with Gasteiger partial charge in [0, 0.05) is 4.47 Å². The van der Waals surface area contributed by atoms with Gasteiger partial charge in [-0.05, 0) is 53.9 Å². The second-order valence-corrected chi connectivity index (χ2v) is 12.8. The predicted molar refractivity (Wildman–Crippen MR) is 151 cm³/mol. The number of sulfonamides is 1. The highest BCUT2D eigenvalue weighted by Gasteiger charge is 2.38. The lowest BCUT2D eigenvalue weighted by atomic mass is 10.0. The third kappa shape index (κ3) is 4.74. The molecule has 2 atom stereocenters. The van der Waals surface area contributed by atoms with Gasteiger partial charge >= 0.3 is 0 Å². The number of ether oxygens (including phenoxy) is 1. The van der Waals surface area contributed by atoms with Gasteiger partial charge in [0.2, 0.25) is 15.9 Å². The van der Waals surface area contributed by atoms with Crippen LogP contribution in [-0.2, 0) is 21.2 Å². The minimum atomic E-state index is -3.74. The molecule has 0 saturated carbocycles. The van der Waals surface area contributed by atoms with Crippen molar-refractivity contribution in [1.29, 1.82) is 0 Å². The maximum absolute atomic E-state index is 12.4. The van der Waals surface area contributed by atoms with E-state index >= 15 is 0 Å². The first kappa shape index (κ1) is 24.8. The number of nitrogens with zero attached hydrogens (tertiary/aromatic N) is 2. The number of carbonyl (C=O) groups is 1. The molecule has 0 bridgehead atoms. The number of carbonyl (C=O) groups excluding carboxylic acids is 1. The second kappa shape index (κ2) is 9.68. The quantitative estimate of drug-likeness (QED) is 0.230. The summed E-state index contributed by atoms with van der Waals surface area (Å²) in [6, 6.07) is 18.9. The molecule has 0 radical (unpaired) electrons. The number of aromatic amines is 1. The number of halogens is 1. The number of amides is 1. The Bertz CT molecular complexity index is 1770. The Hall–Kier alpha value is -3.48. The average Bonchev–Trinajstić information content (AvgIpc) is 3.57. The highest BCUT2D eigenvalue weighted by Crippen LogP contribution is 2.37. The third-order valence-corrected chi connectivity index (χ3v) is 9.80. The number of fused-ring (bicyclic) bond motifs is 2. The molecule has 194 valence electrons. The van der Waals surface area contributed by atoms with Gasteiger partial charge in [0.05, 0.1) is 40.8 Å². The topological polar surface area (TPSA) is 126 Å². The van der Waals surface area contributed by atoms with Crippen molar-refractivity contribution >= 4 is 69.6 Å². The molecule has 1 aliphatic heterocycles. The molecule has 12 heteroatoms. The van der Waals surface area contributed by atoms with Crippen LogP contribution in [0.4, 0.5) is 5.13 Å². The molecule has 9 nitrogen and oxygen atoms in total. The van der Waals surface area contributed by atoms with Crippen molar-refractivity contribution in [3.05, 3.63) is 82.1 Å². The fourth-order valence-corrected chi connectivity index (χ4v) is 7.87. The van der Waals surface area contributed by atoms with E-state index in [1.165, 1.54) is 11.3 Å². The van der Waals surface area contributed by atoms with Gasteiger partial charge in [-0.3, -0.25) is 9.52 Å². The number of rotatable bonds is 7. The Morgan fingerprint density at radius 1 is 1.13 bits per heavy atom. The molecule has 5 aromatic rings. The first-order valence-electron chi connectivity index (χ1n) is 11.8. The second-order valence-electron chi connectivity index (χ2n) is 9.01. The van der Waals surface area contributed by atoms with Gasteiger partial charge in [0.15, 0.2) is 5.13 Å². The maximum Gasteiger partial charge on any atom is 0.242 e. The van der Waals surface area contributed by atoms with Crippen molar-refractivity contribution in [3.8, 4) is 5.75 Å². The molecule has 3 N–H and O–H groups in total. The molecule has 1 aliphatic rings. The monoisotopic (exact) mass is 611 g/mol. The maximum atomic E-state index is 12.4. The zero-order chi connectivity index (χ0) is 26.4. The van der Waals surface area contributed by atoms with Crippen molar-refractivity contribution in [2.75, 3.05) is 12.4 Å². The van der Waals surface area contributed by atoms with Crippen molar-refractivity contribution in [2.45, 2.75) is 24.1 Å². The summed E-state index contributed by atoms with van der Waals surface area (Å²) in [6.07, 6.45) is 0.457. The first-order chi connectivity index (χ1) is 18.3. The number of benzene rings is 3. The zero-order valence-electron chi connectivity index (χ0n) is 20.1. The van der Waals surface area contributed by atoms with Crippen LogP contribution < -0.4 is 14.8 Å². The number of aromatic nitrogens is 3. The summed E-state index contributed by atoms with van der Waals surface area (Å²) >= 11 is 5.07. The summed E-state index contributed by atoms with van der Waals surface area (Å²) in [5.41, 5.74) is 4.18. The van der Waals surface area contributed by atoms with Crippen LogP contribution in [0.3, 0.4) is 0 Å². The van der Waals surface area contributed by atoms with Gasteiger partial charge in [-0.1, -0.05) is 51.5 Å². The minimum Gasteiger partial charge on any atom is -0.497 e. The molecule has 2 aromatic heterocycles. The Balaban J connectivity index is 1.33. The van der Waals surface area contributed by atoms with Gasteiger partial charge in [-0.25, -0.2) is 18.4 Å². The Kier molecular flexibility index (Phi) is 6.33. The molecule has 3 aromatic carbocycles. The molecule has 6 rings (SSSR count). The Morgan fingerprint density at radius 2 is 1.97 bits per heavy atom. The molecule has 1 saturated heterocycles. The number of anilines is 1. The van der Waals surface area contributed by atoms with Crippen LogP contribution in [-0.4, -0.2) is 36.4 Å². The van der Waals surface area contributed by atoms with Crippen LogP contribution in [0.1, 0.15) is 34.7 Å². The summed E-state index contributed by atoms with van der Waals surface area (Å²) in [5.74, 6) is 1.04. The standard InChI is InChI=1S/C26H22BrN5O4S2/c1-36-15-7-9-20-22(12-15)37-26(30-20)31-21(25-28-18-4-2-3-5-19(18)29-25)11-14-6-8-16(17(27)10-14)23-13-24(33)32-38(23,34)35/h2-10,12,21,23H,11,13H2,1H3,(H,28,29)(H,30,31)(H,32,33)/t21-,23?/m0/s1. The highest BCUT2D eigenvalue weighted by atomic mass is 79.9. The van der Waals surface area contributed by atoms with Gasteiger partial charge in [-0.2, -0.15) is 0 Å². The van der Waals surface area contributed by atoms with Gasteiger partial charge in [0.1, 0.15) is 16.8 Å². The number of thiazole rings is 1. The van der Waals surface area contributed by atoms with E-state index in [0.717, 1.165) is 43.5 Å². The van der Waals surface area contributed by atoms with Gasteiger partial charge in [0.25, 0.3) is 0 Å². The van der Waals surface area contributed by atoms with Crippen LogP contribution in [0.25, 0.3) is 21.3 Å². The van der Waals surface area contributed by atoms with Crippen LogP contribution in [0.5, 0.6) is 5.75 Å². The van der Waals surface area contributed by atoms with E-state index in [0.29, 0.717) is 16.5 Å². The van der Waals surface area contributed by atoms with Crippen molar-refractivity contribution in [2.24, 2.45) is 0 Å². The van der Waals surface area contributed by atoms with Crippen molar-refractivity contribution < 1.29 is 17.9 Å². The number of hydrogen-bond donors (Lipinski definition) is 3. The lowest BCUT2D eigenvalue weighted by Gasteiger charge is -2.18. The third-order valence-electron chi connectivity index (χ3n) is 6.48. The summed E-state index contributed by atoms with van der Waals surface area (Å²) < 4.78 is 33.8. The molecule has 1 unspecified atom stereocenters. The van der Waals surface area contributed by atoms with Crippen LogP contribution in [0, 0.1) is 0 Å². The lowest BCUT2D eigenvalue weighted by Crippen LogP contribution is -2.21. The predicted octanol–water partition coefficient (Wildman–Crippen LogP) is 5.23. The molecule has 0 aliphatic carbocycles. The average molecular weight is 613 g/mol. The number of hydrogen-bond acceptors (Lipinski definition) is 8. The molecule has 1 fully saturated rings. The van der Waals surface area contributed by atoms with E-state index in [4.69, 9.17) is 14.7 Å². The minimum absolute atomic E-state index is 0.0914. The molecule has 0 spiro atoms. The summed E-state index contributed by atoms with van der Waals surface area (Å²) in [6.45, 7) is 0. The van der Waals surface area contributed by atoms with Gasteiger partial charge < -0.3 is 15.0 Å². The first-order valence-corrected chi connectivity index (χ1v) is 14.9. The molecular weight excluding hydrogens is 590 g/mol. The molecule has 1 amide bonds. The van der Waals surface area contributed by atoms with Crippen molar-refractivity contribution in [3.63, 3.8) is 0 Å². The van der Waals surface area contributed by atoms with Crippen LogP contribution in [0.2, 0.25) is 0 Å². The zero-order valence-corrected chi connectivity index (χ0v) is 23.3. The van der Waals surface area contributed by atoms with Crippen LogP contribution >= 0.6 is 27.3 Å². The number of methoxy groups -OCH3 is 1. The Morgan fingerprint density at radius 3 is 2.71 bits per heavy atom. The van der Waals surface area contributed by atoms with E-state index in [9.17, 15) is 13.2 Å². The number of H-pyrrole nitrogens is 1.